The van der Waals surface area contributed by atoms with Crippen molar-refractivity contribution in [3.8, 4) is 5.75 Å². The number of carbonyl (C=O) groups is 1. The maximum absolute atomic E-state index is 13.2. The van der Waals surface area contributed by atoms with E-state index in [0.29, 0.717) is 24.4 Å². The van der Waals surface area contributed by atoms with Crippen LogP contribution in [-0.4, -0.2) is 50.8 Å². The van der Waals surface area contributed by atoms with E-state index in [9.17, 15) is 13.2 Å². The van der Waals surface area contributed by atoms with Crippen LogP contribution in [-0.2, 0) is 16.6 Å². The second-order valence-electron chi connectivity index (χ2n) is 7.82. The van der Waals surface area contributed by atoms with Crippen LogP contribution in [0.15, 0.2) is 47.4 Å². The molecule has 0 unspecified atom stereocenters. The summed E-state index contributed by atoms with van der Waals surface area (Å²) in [6.07, 6.45) is 4.15. The lowest BCUT2D eigenvalue weighted by Gasteiger charge is -2.23. The van der Waals surface area contributed by atoms with E-state index >= 15 is 0 Å². The van der Waals surface area contributed by atoms with Crippen molar-refractivity contribution in [1.29, 1.82) is 0 Å². The molecule has 0 aliphatic carbocycles. The zero-order valence-electron chi connectivity index (χ0n) is 17.9. The van der Waals surface area contributed by atoms with E-state index in [4.69, 9.17) is 4.74 Å². The molecule has 2 aromatic rings. The molecule has 6 nitrogen and oxygen atoms in total. The average Bonchev–Trinajstić information content (AvgIpc) is 3.02. The van der Waals surface area contributed by atoms with Crippen LogP contribution in [0.3, 0.4) is 0 Å². The molecule has 0 atom stereocenters. The van der Waals surface area contributed by atoms with Gasteiger partial charge in [0.1, 0.15) is 5.75 Å². The van der Waals surface area contributed by atoms with Gasteiger partial charge in [0.2, 0.25) is 10.0 Å². The number of methoxy groups -OCH3 is 1. The maximum atomic E-state index is 13.2. The summed E-state index contributed by atoms with van der Waals surface area (Å²) < 4.78 is 33.1. The van der Waals surface area contributed by atoms with Crippen molar-refractivity contribution in [2.45, 2.75) is 44.0 Å². The van der Waals surface area contributed by atoms with E-state index in [1.807, 2.05) is 31.2 Å². The molecule has 1 fully saturated rings. The van der Waals surface area contributed by atoms with Crippen LogP contribution in [0.25, 0.3) is 0 Å². The summed E-state index contributed by atoms with van der Waals surface area (Å²) in [7, 11) is -0.716. The summed E-state index contributed by atoms with van der Waals surface area (Å²) >= 11 is 0. The standard InChI is InChI=1S/C23H30N2O4S/c1-18-9-8-10-19(15-18)17-24(2)30(27,28)20-11-12-22(29-3)21(16-20)23(26)25-13-6-4-5-7-14-25/h8-12,15-16H,4-7,13-14,17H2,1-3H3. The number of ether oxygens (including phenoxy) is 1. The van der Waals surface area contributed by atoms with Crippen LogP contribution in [0.4, 0.5) is 0 Å². The molecule has 0 spiro atoms. The average molecular weight is 431 g/mol. The summed E-state index contributed by atoms with van der Waals surface area (Å²) in [6.45, 7) is 3.60. The lowest BCUT2D eigenvalue weighted by atomic mass is 10.1. The molecule has 0 N–H and O–H groups in total. The first-order valence-electron chi connectivity index (χ1n) is 10.3. The molecule has 162 valence electrons. The van der Waals surface area contributed by atoms with E-state index < -0.39 is 10.0 Å². The molecule has 1 amide bonds. The second kappa shape index (κ2) is 9.62. The summed E-state index contributed by atoms with van der Waals surface area (Å²) in [5.74, 6) is 0.219. The van der Waals surface area contributed by atoms with Gasteiger partial charge in [0.15, 0.2) is 0 Å². The molecule has 1 saturated heterocycles. The number of rotatable bonds is 6. The van der Waals surface area contributed by atoms with E-state index in [2.05, 4.69) is 0 Å². The van der Waals surface area contributed by atoms with Crippen molar-refractivity contribution in [2.75, 3.05) is 27.2 Å². The van der Waals surface area contributed by atoms with Crippen LogP contribution in [0, 0.1) is 6.92 Å². The fourth-order valence-corrected chi connectivity index (χ4v) is 4.98. The van der Waals surface area contributed by atoms with Crippen molar-refractivity contribution in [2.24, 2.45) is 0 Å². The summed E-state index contributed by atoms with van der Waals surface area (Å²) in [6, 6.07) is 12.3. The number of hydrogen-bond acceptors (Lipinski definition) is 4. The molecule has 0 aromatic heterocycles. The number of aryl methyl sites for hydroxylation is 1. The minimum absolute atomic E-state index is 0.0941. The van der Waals surface area contributed by atoms with Crippen LogP contribution in [0.5, 0.6) is 5.75 Å². The zero-order valence-corrected chi connectivity index (χ0v) is 18.7. The first-order chi connectivity index (χ1) is 14.3. The molecule has 1 aliphatic heterocycles. The third-order valence-electron chi connectivity index (χ3n) is 5.49. The highest BCUT2D eigenvalue weighted by Gasteiger charge is 2.26. The van der Waals surface area contributed by atoms with Gasteiger partial charge in [0.05, 0.1) is 17.6 Å². The third-order valence-corrected chi connectivity index (χ3v) is 7.29. The number of nitrogens with zero attached hydrogens (tertiary/aromatic N) is 2. The van der Waals surface area contributed by atoms with Gasteiger partial charge in [-0.05, 0) is 43.5 Å². The van der Waals surface area contributed by atoms with Gasteiger partial charge in [0.25, 0.3) is 5.91 Å². The van der Waals surface area contributed by atoms with Gasteiger partial charge in [-0.2, -0.15) is 4.31 Å². The van der Waals surface area contributed by atoms with Gasteiger partial charge in [0, 0.05) is 26.7 Å². The molecule has 0 radical (unpaired) electrons. The molecule has 2 aromatic carbocycles. The quantitative estimate of drug-likeness (QED) is 0.698. The van der Waals surface area contributed by atoms with Gasteiger partial charge in [-0.15, -0.1) is 0 Å². The Morgan fingerprint density at radius 1 is 1.07 bits per heavy atom. The van der Waals surface area contributed by atoms with Crippen molar-refractivity contribution >= 4 is 15.9 Å². The van der Waals surface area contributed by atoms with E-state index in [-0.39, 0.29) is 17.3 Å². The number of benzene rings is 2. The molecule has 1 heterocycles. The monoisotopic (exact) mass is 430 g/mol. The normalized spacial score (nSPS) is 15.1. The minimum Gasteiger partial charge on any atom is -0.496 e. The number of sulfonamides is 1. The van der Waals surface area contributed by atoms with Crippen molar-refractivity contribution < 1.29 is 17.9 Å². The fourth-order valence-electron chi connectivity index (χ4n) is 3.79. The van der Waals surface area contributed by atoms with E-state index in [1.165, 1.54) is 23.5 Å². The minimum atomic E-state index is -3.76. The molecule has 1 aliphatic rings. The molecule has 0 saturated carbocycles. The fraction of sp³-hybridized carbons (Fsp3) is 0.435. The number of hydrogen-bond donors (Lipinski definition) is 0. The van der Waals surface area contributed by atoms with Gasteiger partial charge < -0.3 is 9.64 Å². The Kier molecular flexibility index (Phi) is 7.15. The van der Waals surface area contributed by atoms with E-state index in [0.717, 1.165) is 36.8 Å². The zero-order chi connectivity index (χ0) is 21.7. The van der Waals surface area contributed by atoms with Gasteiger partial charge >= 0.3 is 0 Å². The highest BCUT2D eigenvalue weighted by atomic mass is 32.2. The molecular weight excluding hydrogens is 400 g/mol. The molecule has 3 rings (SSSR count). The third kappa shape index (κ3) is 5.02. The first-order valence-corrected chi connectivity index (χ1v) is 11.8. The van der Waals surface area contributed by atoms with Crippen molar-refractivity contribution in [1.82, 2.24) is 9.21 Å². The van der Waals surface area contributed by atoms with Gasteiger partial charge in [-0.1, -0.05) is 42.7 Å². The van der Waals surface area contributed by atoms with Crippen LogP contribution >= 0.6 is 0 Å². The van der Waals surface area contributed by atoms with Crippen molar-refractivity contribution in [3.05, 3.63) is 59.2 Å². The van der Waals surface area contributed by atoms with Gasteiger partial charge in [-0.3, -0.25) is 4.79 Å². The first kappa shape index (κ1) is 22.3. The van der Waals surface area contributed by atoms with Crippen LogP contribution in [0.1, 0.15) is 47.2 Å². The smallest absolute Gasteiger partial charge is 0.257 e. The second-order valence-corrected chi connectivity index (χ2v) is 9.86. The Morgan fingerprint density at radius 3 is 2.40 bits per heavy atom. The SMILES string of the molecule is COc1ccc(S(=O)(=O)N(C)Cc2cccc(C)c2)cc1C(=O)N1CCCCCC1. The largest absolute Gasteiger partial charge is 0.496 e. The van der Waals surface area contributed by atoms with Crippen molar-refractivity contribution in [3.63, 3.8) is 0 Å². The summed E-state index contributed by atoms with van der Waals surface area (Å²) in [5, 5.41) is 0. The Balaban J connectivity index is 1.89. The van der Waals surface area contributed by atoms with E-state index in [1.54, 1.807) is 18.0 Å². The summed E-state index contributed by atoms with van der Waals surface area (Å²) in [5.41, 5.74) is 2.29. The lowest BCUT2D eigenvalue weighted by Crippen LogP contribution is -2.32. The Morgan fingerprint density at radius 2 is 1.77 bits per heavy atom. The molecule has 0 bridgehead atoms. The highest BCUT2D eigenvalue weighted by Crippen LogP contribution is 2.27. The van der Waals surface area contributed by atoms with Gasteiger partial charge in [-0.25, -0.2) is 8.42 Å². The molecule has 30 heavy (non-hydrogen) atoms. The molecule has 7 heteroatoms. The molecular formula is C23H30N2O4S. The number of likely N-dealkylation sites (tertiary alicyclic amines) is 1. The summed E-state index contributed by atoms with van der Waals surface area (Å²) in [4.78, 5) is 15.0. The Labute approximate surface area is 179 Å². The lowest BCUT2D eigenvalue weighted by molar-refractivity contribution is 0.0758. The predicted octanol–water partition coefficient (Wildman–Crippen LogP) is 3.84. The Bertz CT molecular complexity index is 996. The van der Waals surface area contributed by atoms with Crippen LogP contribution in [0.2, 0.25) is 0 Å². The number of carbonyl (C=O) groups excluding carboxylic acids is 1. The number of amides is 1. The highest BCUT2D eigenvalue weighted by molar-refractivity contribution is 7.89. The van der Waals surface area contributed by atoms with Crippen LogP contribution < -0.4 is 4.74 Å². The topological polar surface area (TPSA) is 66.9 Å². The predicted molar refractivity (Wildman–Crippen MR) is 117 cm³/mol. The maximum Gasteiger partial charge on any atom is 0.257 e. The Hall–Kier alpha value is -2.38.